The molecule has 1 heterocycles. The zero-order valence-corrected chi connectivity index (χ0v) is 16.3. The maximum absolute atomic E-state index is 12.8. The molecule has 1 fully saturated rings. The van der Waals surface area contributed by atoms with Gasteiger partial charge in [0.25, 0.3) is 0 Å². The fraction of sp³-hybridized carbons (Fsp3) is 0.737. The first kappa shape index (κ1) is 21.4. The van der Waals surface area contributed by atoms with Gasteiger partial charge in [-0.3, -0.25) is 14.3 Å². The van der Waals surface area contributed by atoms with Crippen LogP contribution in [-0.4, -0.2) is 70.6 Å². The highest BCUT2D eigenvalue weighted by Crippen LogP contribution is 2.28. The Morgan fingerprint density at radius 3 is 2.89 bits per heavy atom. The van der Waals surface area contributed by atoms with Crippen molar-refractivity contribution in [3.8, 4) is 0 Å². The van der Waals surface area contributed by atoms with Crippen LogP contribution >= 0.6 is 0 Å². The predicted octanol–water partition coefficient (Wildman–Crippen LogP) is 0.804. The molecule has 1 aliphatic rings. The summed E-state index contributed by atoms with van der Waals surface area (Å²) in [5.74, 6) is -0.455. The molecular weight excluding hydrogens is 348 g/mol. The standard InChI is InChI=1S/C19H32N4O4/c1-3-12-27-17-7-6-15(13-16(17)21-18(25)14-24)19(26)22(2)9-5-11-23-10-4-8-20-23/h4,8,10,15-17,24H,3,5-7,9,11-14H2,1-2H3,(H,21,25)/t15-,16+,17+/m0/s1. The molecule has 0 aliphatic heterocycles. The number of rotatable bonds is 10. The molecule has 1 aliphatic carbocycles. The summed E-state index contributed by atoms with van der Waals surface area (Å²) in [7, 11) is 1.83. The van der Waals surface area contributed by atoms with Crippen LogP contribution in [0.2, 0.25) is 0 Å². The van der Waals surface area contributed by atoms with E-state index in [-0.39, 0.29) is 24.0 Å². The highest BCUT2D eigenvalue weighted by atomic mass is 16.5. The van der Waals surface area contributed by atoms with Crippen molar-refractivity contribution in [1.29, 1.82) is 0 Å². The number of aliphatic hydroxyl groups excluding tert-OH is 1. The van der Waals surface area contributed by atoms with Crippen molar-refractivity contribution in [2.45, 2.75) is 57.7 Å². The highest BCUT2D eigenvalue weighted by molar-refractivity contribution is 5.79. The van der Waals surface area contributed by atoms with Gasteiger partial charge in [-0.2, -0.15) is 5.10 Å². The minimum Gasteiger partial charge on any atom is -0.387 e. The lowest BCUT2D eigenvalue weighted by molar-refractivity contribution is -0.138. The van der Waals surface area contributed by atoms with Crippen molar-refractivity contribution in [3.05, 3.63) is 18.5 Å². The zero-order chi connectivity index (χ0) is 19.6. The predicted molar refractivity (Wildman–Crippen MR) is 101 cm³/mol. The van der Waals surface area contributed by atoms with E-state index in [9.17, 15) is 9.59 Å². The molecule has 8 heteroatoms. The monoisotopic (exact) mass is 380 g/mol. The Kier molecular flexibility index (Phi) is 8.74. The molecule has 0 radical (unpaired) electrons. The Hall–Kier alpha value is -1.93. The molecule has 0 aromatic carbocycles. The Balaban J connectivity index is 1.86. The summed E-state index contributed by atoms with van der Waals surface area (Å²) in [6.45, 7) is 3.55. The number of nitrogens with one attached hydrogen (secondary N) is 1. The molecular formula is C19H32N4O4. The number of aromatic nitrogens is 2. The van der Waals surface area contributed by atoms with Crippen molar-refractivity contribution in [3.63, 3.8) is 0 Å². The lowest BCUT2D eigenvalue weighted by atomic mass is 9.82. The van der Waals surface area contributed by atoms with Gasteiger partial charge in [-0.15, -0.1) is 0 Å². The maximum atomic E-state index is 12.8. The molecule has 2 N–H and O–H groups in total. The van der Waals surface area contributed by atoms with Gasteiger partial charge in [-0.1, -0.05) is 6.92 Å². The summed E-state index contributed by atoms with van der Waals surface area (Å²) < 4.78 is 7.71. The molecule has 2 amide bonds. The van der Waals surface area contributed by atoms with Crippen molar-refractivity contribution in [2.24, 2.45) is 5.92 Å². The van der Waals surface area contributed by atoms with Gasteiger partial charge in [0.1, 0.15) is 6.61 Å². The van der Waals surface area contributed by atoms with Gasteiger partial charge in [-0.25, -0.2) is 0 Å². The van der Waals surface area contributed by atoms with E-state index in [1.807, 2.05) is 30.9 Å². The fourth-order valence-electron chi connectivity index (χ4n) is 3.56. The summed E-state index contributed by atoms with van der Waals surface area (Å²) >= 11 is 0. The fourth-order valence-corrected chi connectivity index (χ4v) is 3.56. The summed E-state index contributed by atoms with van der Waals surface area (Å²) in [4.78, 5) is 26.2. The zero-order valence-electron chi connectivity index (χ0n) is 16.3. The molecule has 152 valence electrons. The van der Waals surface area contributed by atoms with E-state index in [1.165, 1.54) is 0 Å². The van der Waals surface area contributed by atoms with Gasteiger partial charge in [0.05, 0.1) is 12.1 Å². The number of nitrogens with zero attached hydrogens (tertiary/aromatic N) is 3. The summed E-state index contributed by atoms with van der Waals surface area (Å²) in [5.41, 5.74) is 0. The van der Waals surface area contributed by atoms with Crippen LogP contribution in [0, 0.1) is 5.92 Å². The number of ether oxygens (including phenoxy) is 1. The molecule has 1 aromatic heterocycles. The number of aryl methyl sites for hydroxylation is 1. The van der Waals surface area contributed by atoms with Gasteiger partial charge in [0.15, 0.2) is 0 Å². The molecule has 8 nitrogen and oxygen atoms in total. The SMILES string of the molecule is CCCO[C@@H]1CC[C@H](C(=O)N(C)CCCn2cccn2)C[C@H]1NC(=O)CO. The number of carbonyl (C=O) groups is 2. The molecule has 0 bridgehead atoms. The molecule has 1 saturated carbocycles. The summed E-state index contributed by atoms with van der Waals surface area (Å²) in [6.07, 6.45) is 7.32. The first-order valence-electron chi connectivity index (χ1n) is 9.79. The smallest absolute Gasteiger partial charge is 0.246 e. The second-order valence-corrected chi connectivity index (χ2v) is 7.13. The van der Waals surface area contributed by atoms with Crippen LogP contribution in [0.4, 0.5) is 0 Å². The van der Waals surface area contributed by atoms with Gasteiger partial charge < -0.3 is 20.1 Å². The first-order valence-corrected chi connectivity index (χ1v) is 9.79. The van der Waals surface area contributed by atoms with Crippen molar-refractivity contribution >= 4 is 11.8 Å². The maximum Gasteiger partial charge on any atom is 0.246 e. The molecule has 27 heavy (non-hydrogen) atoms. The normalized spacial score (nSPS) is 22.4. The molecule has 0 spiro atoms. The van der Waals surface area contributed by atoms with Crippen molar-refractivity contribution < 1.29 is 19.4 Å². The van der Waals surface area contributed by atoms with Crippen LogP contribution < -0.4 is 5.32 Å². The number of hydrogen-bond acceptors (Lipinski definition) is 5. The minimum atomic E-state index is -0.553. The van der Waals surface area contributed by atoms with Gasteiger partial charge in [-0.05, 0) is 38.2 Å². The quantitative estimate of drug-likeness (QED) is 0.626. The Bertz CT molecular complexity index is 578. The molecule has 0 unspecified atom stereocenters. The van der Waals surface area contributed by atoms with E-state index < -0.39 is 12.5 Å². The Morgan fingerprint density at radius 1 is 1.41 bits per heavy atom. The highest BCUT2D eigenvalue weighted by Gasteiger charge is 2.36. The van der Waals surface area contributed by atoms with Gasteiger partial charge in [0, 0.05) is 45.1 Å². The third kappa shape index (κ3) is 6.62. The van der Waals surface area contributed by atoms with Crippen LogP contribution in [0.15, 0.2) is 18.5 Å². The molecule has 3 atom stereocenters. The molecule has 1 aromatic rings. The van der Waals surface area contributed by atoms with Gasteiger partial charge in [0.2, 0.25) is 11.8 Å². The number of carbonyl (C=O) groups excluding carboxylic acids is 2. The third-order valence-electron chi connectivity index (χ3n) is 4.98. The van der Waals surface area contributed by atoms with E-state index >= 15 is 0 Å². The van der Waals surface area contributed by atoms with E-state index in [4.69, 9.17) is 9.84 Å². The number of hydrogen-bond donors (Lipinski definition) is 2. The minimum absolute atomic E-state index is 0.102. The van der Waals surface area contributed by atoms with Crippen LogP contribution in [0.25, 0.3) is 0 Å². The van der Waals surface area contributed by atoms with Crippen LogP contribution in [0.1, 0.15) is 39.0 Å². The lowest BCUT2D eigenvalue weighted by Crippen LogP contribution is -2.51. The first-order chi connectivity index (χ1) is 13.0. The summed E-state index contributed by atoms with van der Waals surface area (Å²) in [6, 6.07) is 1.64. The van der Waals surface area contributed by atoms with E-state index in [2.05, 4.69) is 10.4 Å². The largest absolute Gasteiger partial charge is 0.387 e. The average molecular weight is 380 g/mol. The molecule has 2 rings (SSSR count). The molecule has 0 saturated heterocycles. The van der Waals surface area contributed by atoms with Crippen LogP contribution in [0.5, 0.6) is 0 Å². The Labute approximate surface area is 160 Å². The topological polar surface area (TPSA) is 96.7 Å². The van der Waals surface area contributed by atoms with Crippen molar-refractivity contribution in [1.82, 2.24) is 20.0 Å². The van der Waals surface area contributed by atoms with Crippen LogP contribution in [0.3, 0.4) is 0 Å². The third-order valence-corrected chi connectivity index (χ3v) is 4.98. The van der Waals surface area contributed by atoms with E-state index in [0.717, 1.165) is 32.2 Å². The lowest BCUT2D eigenvalue weighted by Gasteiger charge is -2.37. The Morgan fingerprint density at radius 2 is 2.22 bits per heavy atom. The second-order valence-electron chi connectivity index (χ2n) is 7.13. The average Bonchev–Trinajstić information content (AvgIpc) is 3.19. The number of aliphatic hydroxyl groups is 1. The second kappa shape index (κ2) is 11.0. The van der Waals surface area contributed by atoms with E-state index in [1.54, 1.807) is 11.1 Å². The van der Waals surface area contributed by atoms with E-state index in [0.29, 0.717) is 19.6 Å². The summed E-state index contributed by atoms with van der Waals surface area (Å²) in [5, 5.41) is 16.0. The number of amides is 2. The van der Waals surface area contributed by atoms with Crippen molar-refractivity contribution in [2.75, 3.05) is 26.8 Å². The van der Waals surface area contributed by atoms with Crippen LogP contribution in [-0.2, 0) is 20.9 Å². The van der Waals surface area contributed by atoms with Gasteiger partial charge >= 0.3 is 0 Å².